The molecule has 27 heavy (non-hydrogen) atoms. The fourth-order valence-corrected chi connectivity index (χ4v) is 3.32. The highest BCUT2D eigenvalue weighted by Gasteiger charge is 2.11. The predicted octanol–water partition coefficient (Wildman–Crippen LogP) is 9.24. The normalized spacial score (nSPS) is 18.4. The predicted molar refractivity (Wildman–Crippen MR) is 126 cm³/mol. The van der Waals surface area contributed by atoms with Crippen LogP contribution in [-0.4, -0.2) is 0 Å². The van der Waals surface area contributed by atoms with Gasteiger partial charge >= 0.3 is 0 Å². The Morgan fingerprint density at radius 2 is 1.26 bits per heavy atom. The van der Waals surface area contributed by atoms with Crippen LogP contribution in [0.2, 0.25) is 0 Å². The molecule has 0 rings (SSSR count). The number of hydrogen-bond donors (Lipinski definition) is 0. The first kappa shape index (κ1) is 26.2. The Balaban J connectivity index is 4.80. The molecule has 158 valence electrons. The lowest BCUT2D eigenvalue weighted by Crippen LogP contribution is -2.07. The highest BCUT2D eigenvalue weighted by Crippen LogP contribution is 2.24. The minimum atomic E-state index is 0.532. The van der Waals surface area contributed by atoms with E-state index in [1.165, 1.54) is 31.3 Å². The lowest BCUT2D eigenvalue weighted by Gasteiger charge is -2.19. The monoisotopic (exact) mass is 374 g/mol. The van der Waals surface area contributed by atoms with E-state index in [-0.39, 0.29) is 0 Å². The molecule has 0 aromatic carbocycles. The summed E-state index contributed by atoms with van der Waals surface area (Å²) < 4.78 is 0. The molecule has 0 saturated heterocycles. The van der Waals surface area contributed by atoms with Crippen molar-refractivity contribution in [3.05, 3.63) is 35.5 Å². The van der Waals surface area contributed by atoms with Crippen molar-refractivity contribution >= 4 is 0 Å². The zero-order chi connectivity index (χ0) is 21.0. The summed E-state index contributed by atoms with van der Waals surface area (Å²) >= 11 is 0. The van der Waals surface area contributed by atoms with Gasteiger partial charge in [-0.2, -0.15) is 0 Å². The van der Waals surface area contributed by atoms with Gasteiger partial charge in [-0.25, -0.2) is 0 Å². The second-order valence-electron chi connectivity index (χ2n) is 9.86. The fraction of sp³-hybridized carbons (Fsp3) is 0.778. The maximum Gasteiger partial charge on any atom is -0.00485 e. The summed E-state index contributed by atoms with van der Waals surface area (Å²) in [6, 6.07) is 0. The molecule has 0 N–H and O–H groups in total. The van der Waals surface area contributed by atoms with E-state index in [9.17, 15) is 0 Å². The van der Waals surface area contributed by atoms with Crippen LogP contribution in [0.1, 0.15) is 101 Å². The standard InChI is InChI=1S/C27H50/c1-11-27(19-18-25(9)23(7)15-13-21(4)5)26(10)17-16-24(8)22(6)14-12-20(2)3/h16-24,26H,11-15H2,1-10H3/b17-16-,25-18+,27-19+. The molecule has 0 radical (unpaired) electrons. The minimum absolute atomic E-state index is 0.532. The Bertz CT molecular complexity index is 460. The Labute approximate surface area is 172 Å². The second kappa shape index (κ2) is 14.3. The summed E-state index contributed by atoms with van der Waals surface area (Å²) in [5, 5.41) is 0. The van der Waals surface area contributed by atoms with E-state index in [4.69, 9.17) is 0 Å². The van der Waals surface area contributed by atoms with Crippen LogP contribution in [0.3, 0.4) is 0 Å². The fourth-order valence-electron chi connectivity index (χ4n) is 3.32. The van der Waals surface area contributed by atoms with Gasteiger partial charge < -0.3 is 0 Å². The zero-order valence-corrected chi connectivity index (χ0v) is 20.3. The topological polar surface area (TPSA) is 0 Å². The lowest BCUT2D eigenvalue weighted by molar-refractivity contribution is 0.383. The molecular weight excluding hydrogens is 324 g/mol. The van der Waals surface area contributed by atoms with E-state index in [1.807, 2.05) is 0 Å². The molecule has 0 bridgehead atoms. The third kappa shape index (κ3) is 12.3. The van der Waals surface area contributed by atoms with Crippen LogP contribution < -0.4 is 0 Å². The lowest BCUT2D eigenvalue weighted by atomic mass is 9.87. The molecule has 0 aliphatic carbocycles. The summed E-state index contributed by atoms with van der Waals surface area (Å²) in [5.41, 5.74) is 3.07. The summed E-state index contributed by atoms with van der Waals surface area (Å²) in [6.45, 7) is 23.4. The van der Waals surface area contributed by atoms with Crippen molar-refractivity contribution < 1.29 is 0 Å². The molecule has 0 fully saturated rings. The Morgan fingerprint density at radius 1 is 0.704 bits per heavy atom. The first-order valence-corrected chi connectivity index (χ1v) is 11.6. The van der Waals surface area contributed by atoms with E-state index in [2.05, 4.69) is 93.5 Å². The second-order valence-corrected chi connectivity index (χ2v) is 9.86. The van der Waals surface area contributed by atoms with Gasteiger partial charge in [0.25, 0.3) is 0 Å². The molecular formula is C27H50. The molecule has 0 nitrogen and oxygen atoms in total. The van der Waals surface area contributed by atoms with Crippen molar-refractivity contribution in [1.82, 2.24) is 0 Å². The van der Waals surface area contributed by atoms with E-state index in [0.717, 1.165) is 24.2 Å². The highest BCUT2D eigenvalue weighted by molar-refractivity contribution is 5.22. The van der Waals surface area contributed by atoms with E-state index < -0.39 is 0 Å². The van der Waals surface area contributed by atoms with E-state index >= 15 is 0 Å². The molecule has 0 amide bonds. The molecule has 0 aromatic rings. The maximum absolute atomic E-state index is 2.46. The molecule has 4 unspecified atom stereocenters. The van der Waals surface area contributed by atoms with E-state index in [0.29, 0.717) is 17.8 Å². The summed E-state index contributed by atoms with van der Waals surface area (Å²) in [4.78, 5) is 0. The van der Waals surface area contributed by atoms with Crippen molar-refractivity contribution in [3.8, 4) is 0 Å². The van der Waals surface area contributed by atoms with Crippen molar-refractivity contribution in [3.63, 3.8) is 0 Å². The molecule has 0 aliphatic heterocycles. The van der Waals surface area contributed by atoms with Gasteiger partial charge in [0.05, 0.1) is 0 Å². The Morgan fingerprint density at radius 3 is 1.78 bits per heavy atom. The quantitative estimate of drug-likeness (QED) is 0.222. The largest absolute Gasteiger partial charge is 0.0848 e. The van der Waals surface area contributed by atoms with Gasteiger partial charge in [0.15, 0.2) is 0 Å². The van der Waals surface area contributed by atoms with Crippen molar-refractivity contribution in [2.75, 3.05) is 0 Å². The van der Waals surface area contributed by atoms with Crippen LogP contribution in [0.15, 0.2) is 35.5 Å². The van der Waals surface area contributed by atoms with Crippen LogP contribution >= 0.6 is 0 Å². The molecule has 0 heteroatoms. The number of hydrogen-bond acceptors (Lipinski definition) is 0. The molecule has 0 spiro atoms. The molecule has 0 aromatic heterocycles. The van der Waals surface area contributed by atoms with E-state index in [1.54, 1.807) is 5.57 Å². The smallest absolute Gasteiger partial charge is 0.00485 e. The van der Waals surface area contributed by atoms with Gasteiger partial charge in [0.2, 0.25) is 0 Å². The van der Waals surface area contributed by atoms with Gasteiger partial charge in [0, 0.05) is 0 Å². The van der Waals surface area contributed by atoms with Gasteiger partial charge in [-0.1, -0.05) is 111 Å². The summed E-state index contributed by atoms with van der Waals surface area (Å²) in [7, 11) is 0. The van der Waals surface area contributed by atoms with Crippen molar-refractivity contribution in [2.45, 2.75) is 101 Å². The third-order valence-corrected chi connectivity index (χ3v) is 6.31. The highest BCUT2D eigenvalue weighted by atomic mass is 14.2. The van der Waals surface area contributed by atoms with Crippen LogP contribution in [-0.2, 0) is 0 Å². The average Bonchev–Trinajstić information content (AvgIpc) is 2.61. The maximum atomic E-state index is 2.46. The van der Waals surface area contributed by atoms with Crippen LogP contribution in [0.4, 0.5) is 0 Å². The SMILES string of the molecule is CC/C(=C\C=C(/C)C(C)CCC(C)C)C(C)/C=C\C(C)C(C)CCC(C)C. The van der Waals surface area contributed by atoms with Gasteiger partial charge in [-0.3, -0.25) is 0 Å². The van der Waals surface area contributed by atoms with Crippen LogP contribution in [0, 0.1) is 35.5 Å². The molecule has 0 aliphatic rings. The van der Waals surface area contributed by atoms with Gasteiger partial charge in [0.1, 0.15) is 0 Å². The average molecular weight is 375 g/mol. The Hall–Kier alpha value is -0.780. The first-order chi connectivity index (χ1) is 12.6. The molecule has 4 atom stereocenters. The van der Waals surface area contributed by atoms with Crippen molar-refractivity contribution in [2.24, 2.45) is 35.5 Å². The molecule has 0 heterocycles. The van der Waals surface area contributed by atoms with Gasteiger partial charge in [-0.05, 0) is 61.7 Å². The molecule has 0 saturated carbocycles. The van der Waals surface area contributed by atoms with Crippen LogP contribution in [0.25, 0.3) is 0 Å². The Kier molecular flexibility index (Phi) is 13.8. The van der Waals surface area contributed by atoms with Crippen LogP contribution in [0.5, 0.6) is 0 Å². The summed E-state index contributed by atoms with van der Waals surface area (Å²) in [6.07, 6.45) is 16.1. The zero-order valence-electron chi connectivity index (χ0n) is 20.3. The minimum Gasteiger partial charge on any atom is -0.0848 e. The number of rotatable bonds is 13. The first-order valence-electron chi connectivity index (χ1n) is 11.6. The number of allylic oxidation sites excluding steroid dienone is 6. The third-order valence-electron chi connectivity index (χ3n) is 6.31. The van der Waals surface area contributed by atoms with Gasteiger partial charge in [-0.15, -0.1) is 0 Å². The van der Waals surface area contributed by atoms with Crippen molar-refractivity contribution in [1.29, 1.82) is 0 Å². The summed E-state index contributed by atoms with van der Waals surface area (Å²) in [5.74, 6) is 4.28.